The third-order valence-corrected chi connectivity index (χ3v) is 3.73. The highest BCUT2D eigenvalue weighted by Crippen LogP contribution is 2.20. The molecule has 0 saturated heterocycles. The van der Waals surface area contributed by atoms with Crippen molar-refractivity contribution in [2.45, 2.75) is 44.8 Å². The van der Waals surface area contributed by atoms with Gasteiger partial charge in [0.15, 0.2) is 0 Å². The van der Waals surface area contributed by atoms with Gasteiger partial charge in [0, 0.05) is 10.6 Å². The average molecular weight is 268 g/mol. The lowest BCUT2D eigenvalue weighted by atomic mass is 9.92. The number of benzene rings is 1. The summed E-state index contributed by atoms with van der Waals surface area (Å²) in [6.07, 6.45) is 3.26. The molecule has 2 rings (SSSR count). The van der Waals surface area contributed by atoms with E-state index in [-0.39, 0.29) is 11.9 Å². The summed E-state index contributed by atoms with van der Waals surface area (Å²) in [4.78, 5) is 12.2. The van der Waals surface area contributed by atoms with Crippen molar-refractivity contribution in [3.63, 3.8) is 0 Å². The van der Waals surface area contributed by atoms with Crippen LogP contribution in [0.2, 0.25) is 5.02 Å². The minimum absolute atomic E-state index is 0.135. The smallest absolute Gasteiger partial charge is 0.251 e. The molecule has 0 unspecified atom stereocenters. The molecule has 1 fully saturated rings. The van der Waals surface area contributed by atoms with Gasteiger partial charge in [-0.2, -0.15) is 0 Å². The van der Waals surface area contributed by atoms with Crippen molar-refractivity contribution in [3.05, 3.63) is 34.3 Å². The molecule has 1 aromatic rings. The summed E-state index contributed by atoms with van der Waals surface area (Å²) in [7, 11) is 0. The van der Waals surface area contributed by atoms with Gasteiger partial charge in [0.2, 0.25) is 0 Å². The molecule has 0 aliphatic heterocycles. The Hall–Kier alpha value is -1.06. The van der Waals surface area contributed by atoms with Crippen LogP contribution < -0.4 is 5.32 Å². The highest BCUT2D eigenvalue weighted by atomic mass is 35.5. The standard InChI is InChI=1S/C14H18ClNO2/c1-9-6-7-10(15)8-11(9)14(18)16-12-4-2-3-5-13(12)17/h6-8,12-13,17H,2-5H2,1H3,(H,16,18)/t12-,13-/m0/s1. The monoisotopic (exact) mass is 267 g/mol. The van der Waals surface area contributed by atoms with Gasteiger partial charge >= 0.3 is 0 Å². The maximum absolute atomic E-state index is 12.2. The molecule has 1 aliphatic carbocycles. The van der Waals surface area contributed by atoms with Crippen LogP contribution >= 0.6 is 11.6 Å². The van der Waals surface area contributed by atoms with Crippen LogP contribution in [0.1, 0.15) is 41.6 Å². The molecule has 98 valence electrons. The Morgan fingerprint density at radius 2 is 2.11 bits per heavy atom. The summed E-state index contributed by atoms with van der Waals surface area (Å²) in [5.74, 6) is -0.152. The molecule has 1 aliphatic rings. The molecule has 0 aromatic heterocycles. The topological polar surface area (TPSA) is 49.3 Å². The van der Waals surface area contributed by atoms with Gasteiger partial charge in [-0.05, 0) is 37.5 Å². The van der Waals surface area contributed by atoms with E-state index in [0.717, 1.165) is 31.2 Å². The molecule has 2 atom stereocenters. The number of rotatable bonds is 2. The van der Waals surface area contributed by atoms with Gasteiger partial charge < -0.3 is 10.4 Å². The van der Waals surface area contributed by atoms with Crippen molar-refractivity contribution in [1.29, 1.82) is 0 Å². The molecule has 4 heteroatoms. The Balaban J connectivity index is 2.09. The van der Waals surface area contributed by atoms with E-state index in [1.165, 1.54) is 0 Å². The SMILES string of the molecule is Cc1ccc(Cl)cc1C(=O)N[C@H]1CCCC[C@@H]1O. The number of aryl methyl sites for hydroxylation is 1. The first kappa shape index (κ1) is 13.4. The van der Waals surface area contributed by atoms with E-state index in [2.05, 4.69) is 5.32 Å². The molecule has 0 bridgehead atoms. The Morgan fingerprint density at radius 1 is 1.39 bits per heavy atom. The number of nitrogens with one attached hydrogen (secondary N) is 1. The number of carbonyl (C=O) groups is 1. The Kier molecular flexibility index (Phi) is 4.25. The van der Waals surface area contributed by atoms with Crippen molar-refractivity contribution in [2.24, 2.45) is 0 Å². The number of carbonyl (C=O) groups excluding carboxylic acids is 1. The third kappa shape index (κ3) is 3.03. The minimum atomic E-state index is -0.429. The Bertz CT molecular complexity index is 447. The number of aliphatic hydroxyl groups is 1. The van der Waals surface area contributed by atoms with Gasteiger partial charge in [-0.25, -0.2) is 0 Å². The van der Waals surface area contributed by atoms with E-state index >= 15 is 0 Å². The lowest BCUT2D eigenvalue weighted by molar-refractivity contribution is 0.0717. The van der Waals surface area contributed by atoms with Crippen LogP contribution in [-0.4, -0.2) is 23.2 Å². The zero-order chi connectivity index (χ0) is 13.1. The molecule has 3 nitrogen and oxygen atoms in total. The van der Waals surface area contributed by atoms with Gasteiger partial charge in [-0.1, -0.05) is 30.5 Å². The summed E-state index contributed by atoms with van der Waals surface area (Å²) in [5.41, 5.74) is 1.47. The van der Waals surface area contributed by atoms with Gasteiger partial charge in [0.25, 0.3) is 5.91 Å². The second kappa shape index (κ2) is 5.72. The van der Waals surface area contributed by atoms with Crippen molar-refractivity contribution in [1.82, 2.24) is 5.32 Å². The van der Waals surface area contributed by atoms with E-state index in [9.17, 15) is 9.90 Å². The summed E-state index contributed by atoms with van der Waals surface area (Å²) in [6, 6.07) is 5.13. The van der Waals surface area contributed by atoms with Gasteiger partial charge in [0.1, 0.15) is 0 Å². The number of halogens is 1. The van der Waals surface area contributed by atoms with E-state index in [1.54, 1.807) is 12.1 Å². The lowest BCUT2D eigenvalue weighted by Gasteiger charge is -2.28. The fourth-order valence-corrected chi connectivity index (χ4v) is 2.54. The van der Waals surface area contributed by atoms with Crippen LogP contribution in [0.15, 0.2) is 18.2 Å². The summed E-state index contributed by atoms with van der Waals surface area (Å²) in [5, 5.41) is 13.3. The van der Waals surface area contributed by atoms with Gasteiger partial charge in [0.05, 0.1) is 12.1 Å². The first-order valence-corrected chi connectivity index (χ1v) is 6.71. The predicted octanol–water partition coefficient (Wildman–Crippen LogP) is 2.68. The molecule has 2 N–H and O–H groups in total. The second-order valence-corrected chi connectivity index (χ2v) is 5.33. The molecule has 1 amide bonds. The van der Waals surface area contributed by atoms with E-state index in [4.69, 9.17) is 11.6 Å². The van der Waals surface area contributed by atoms with Crippen LogP contribution in [0.3, 0.4) is 0 Å². The molecular weight excluding hydrogens is 250 g/mol. The second-order valence-electron chi connectivity index (χ2n) is 4.89. The highest BCUT2D eigenvalue weighted by Gasteiger charge is 2.25. The van der Waals surface area contributed by atoms with Crippen molar-refractivity contribution in [3.8, 4) is 0 Å². The first-order chi connectivity index (χ1) is 8.58. The summed E-state index contributed by atoms with van der Waals surface area (Å²) < 4.78 is 0. The molecule has 0 spiro atoms. The molecule has 1 aromatic carbocycles. The minimum Gasteiger partial charge on any atom is -0.391 e. The van der Waals surface area contributed by atoms with Crippen molar-refractivity contribution >= 4 is 17.5 Å². The van der Waals surface area contributed by atoms with Crippen molar-refractivity contribution in [2.75, 3.05) is 0 Å². The maximum Gasteiger partial charge on any atom is 0.251 e. The zero-order valence-electron chi connectivity index (χ0n) is 10.4. The number of hydrogen-bond acceptors (Lipinski definition) is 2. The number of hydrogen-bond donors (Lipinski definition) is 2. The van der Waals surface area contributed by atoms with Crippen LogP contribution in [0.5, 0.6) is 0 Å². The molecule has 0 heterocycles. The third-order valence-electron chi connectivity index (χ3n) is 3.49. The Morgan fingerprint density at radius 3 is 2.83 bits per heavy atom. The maximum atomic E-state index is 12.2. The molecule has 18 heavy (non-hydrogen) atoms. The summed E-state index contributed by atoms with van der Waals surface area (Å²) >= 11 is 5.90. The molecule has 0 radical (unpaired) electrons. The molecule has 1 saturated carbocycles. The van der Waals surface area contributed by atoms with E-state index < -0.39 is 6.10 Å². The van der Waals surface area contributed by atoms with Crippen LogP contribution in [0.4, 0.5) is 0 Å². The molecular formula is C14H18ClNO2. The number of amides is 1. The average Bonchev–Trinajstić information content (AvgIpc) is 2.35. The fraction of sp³-hybridized carbons (Fsp3) is 0.500. The number of aliphatic hydroxyl groups excluding tert-OH is 1. The van der Waals surface area contributed by atoms with E-state index in [0.29, 0.717) is 10.6 Å². The van der Waals surface area contributed by atoms with Gasteiger partial charge in [-0.3, -0.25) is 4.79 Å². The van der Waals surface area contributed by atoms with Crippen LogP contribution in [0.25, 0.3) is 0 Å². The highest BCUT2D eigenvalue weighted by molar-refractivity contribution is 6.31. The normalized spacial score (nSPS) is 23.7. The Labute approximate surface area is 112 Å². The van der Waals surface area contributed by atoms with Crippen molar-refractivity contribution < 1.29 is 9.90 Å². The fourth-order valence-electron chi connectivity index (χ4n) is 2.36. The first-order valence-electron chi connectivity index (χ1n) is 6.33. The van der Waals surface area contributed by atoms with Crippen LogP contribution in [0, 0.1) is 6.92 Å². The predicted molar refractivity (Wildman–Crippen MR) is 71.9 cm³/mol. The van der Waals surface area contributed by atoms with Gasteiger partial charge in [-0.15, -0.1) is 0 Å². The van der Waals surface area contributed by atoms with E-state index in [1.807, 2.05) is 13.0 Å². The lowest BCUT2D eigenvalue weighted by Crippen LogP contribution is -2.45. The quantitative estimate of drug-likeness (QED) is 0.866. The van der Waals surface area contributed by atoms with Crippen LogP contribution in [-0.2, 0) is 0 Å². The largest absolute Gasteiger partial charge is 0.391 e. The zero-order valence-corrected chi connectivity index (χ0v) is 11.2. The summed E-state index contributed by atoms with van der Waals surface area (Å²) in [6.45, 7) is 1.88.